The smallest absolute Gasteiger partial charge is 0.352 e. The summed E-state index contributed by atoms with van der Waals surface area (Å²) >= 11 is 0. The molecule has 4 rings (SSSR count). The van der Waals surface area contributed by atoms with Gasteiger partial charge in [-0.2, -0.15) is 4.98 Å². The number of benzene rings is 2. The van der Waals surface area contributed by atoms with Crippen molar-refractivity contribution in [2.45, 2.75) is 19.3 Å². The van der Waals surface area contributed by atoms with Crippen LogP contribution in [0.15, 0.2) is 65.6 Å². The zero-order valence-electron chi connectivity index (χ0n) is 18.0. The maximum Gasteiger partial charge on any atom is 0.352 e. The number of nitrogens with zero attached hydrogens (tertiary/aromatic N) is 3. The molecule has 9 nitrogen and oxygen atoms in total. The summed E-state index contributed by atoms with van der Waals surface area (Å²) in [5.41, 5.74) is 1.76. The van der Waals surface area contributed by atoms with E-state index < -0.39 is 30.2 Å². The molecule has 2 amide bonds. The molecule has 2 aromatic carbocycles. The molecule has 1 aliphatic heterocycles. The molecule has 0 aliphatic carbocycles. The van der Waals surface area contributed by atoms with Crippen molar-refractivity contribution in [3.05, 3.63) is 93.5 Å². The van der Waals surface area contributed by atoms with Gasteiger partial charge >= 0.3 is 5.69 Å². The molecule has 1 unspecified atom stereocenters. The summed E-state index contributed by atoms with van der Waals surface area (Å²) in [7, 11) is 1.45. The maximum atomic E-state index is 12.6. The second-order valence-electron chi connectivity index (χ2n) is 7.56. The van der Waals surface area contributed by atoms with E-state index in [0.29, 0.717) is 23.1 Å². The van der Waals surface area contributed by atoms with E-state index in [2.05, 4.69) is 4.98 Å². The van der Waals surface area contributed by atoms with Crippen LogP contribution in [0.4, 0.5) is 0 Å². The molecule has 1 aliphatic rings. The number of carbonyl (C=O) groups excluding carboxylic acids is 2. The topological polar surface area (TPSA) is 111 Å². The fourth-order valence-corrected chi connectivity index (χ4v) is 3.69. The van der Waals surface area contributed by atoms with Gasteiger partial charge in [-0.3, -0.25) is 19.1 Å². The monoisotopic (exact) mass is 449 g/mol. The van der Waals surface area contributed by atoms with Crippen molar-refractivity contribution in [3.63, 3.8) is 0 Å². The molecule has 1 aromatic heterocycles. The number of hydrogen-bond acceptors (Lipinski definition) is 7. The lowest BCUT2D eigenvalue weighted by atomic mass is 10.1. The SMILES string of the molecule is COc1nc(=O)n(COC(CO)CN2C(=O)c3ccccc3C2=O)cc1Cc1ccccc1. The molecule has 1 atom stereocenters. The van der Waals surface area contributed by atoms with Gasteiger partial charge in [-0.05, 0) is 17.7 Å². The normalized spacial score (nSPS) is 13.8. The molecule has 0 radical (unpaired) electrons. The Morgan fingerprint density at radius 2 is 1.61 bits per heavy atom. The second-order valence-corrected chi connectivity index (χ2v) is 7.56. The van der Waals surface area contributed by atoms with Crippen LogP contribution in [0.3, 0.4) is 0 Å². The molecule has 2 heterocycles. The predicted molar refractivity (Wildman–Crippen MR) is 118 cm³/mol. The van der Waals surface area contributed by atoms with Crippen LogP contribution in [-0.2, 0) is 17.9 Å². The third-order valence-electron chi connectivity index (χ3n) is 5.38. The van der Waals surface area contributed by atoms with E-state index in [-0.39, 0.29) is 19.2 Å². The Labute approximate surface area is 189 Å². The van der Waals surface area contributed by atoms with Crippen LogP contribution in [0, 0.1) is 0 Å². The number of aromatic nitrogens is 2. The van der Waals surface area contributed by atoms with Crippen LogP contribution < -0.4 is 10.4 Å². The Hall–Kier alpha value is -3.82. The highest BCUT2D eigenvalue weighted by Crippen LogP contribution is 2.23. The zero-order chi connectivity index (χ0) is 23.4. The molecule has 0 bridgehead atoms. The van der Waals surface area contributed by atoms with Crippen molar-refractivity contribution in [2.75, 3.05) is 20.3 Å². The number of carbonyl (C=O) groups is 2. The van der Waals surface area contributed by atoms with Crippen LogP contribution >= 0.6 is 0 Å². The van der Waals surface area contributed by atoms with E-state index in [0.717, 1.165) is 10.5 Å². The number of fused-ring (bicyclic) bond motifs is 1. The molecule has 33 heavy (non-hydrogen) atoms. The summed E-state index contributed by atoms with van der Waals surface area (Å²) in [6, 6.07) is 16.2. The standard InChI is InChI=1S/C24H23N3O6/c1-32-21-17(11-16-7-3-2-4-8-16)12-26(24(31)25-21)15-33-18(14-28)13-27-22(29)19-9-5-6-10-20(19)23(27)30/h2-10,12,18,28H,11,13-15H2,1H3. The highest BCUT2D eigenvalue weighted by Gasteiger charge is 2.36. The van der Waals surface area contributed by atoms with Gasteiger partial charge in [0.25, 0.3) is 11.8 Å². The molecule has 0 saturated carbocycles. The minimum Gasteiger partial charge on any atom is -0.481 e. The fourth-order valence-electron chi connectivity index (χ4n) is 3.69. The van der Waals surface area contributed by atoms with Gasteiger partial charge in [0, 0.05) is 18.2 Å². The minimum atomic E-state index is -0.876. The molecule has 1 N–H and O–H groups in total. The van der Waals surface area contributed by atoms with E-state index in [1.807, 2.05) is 30.3 Å². The van der Waals surface area contributed by atoms with Crippen LogP contribution in [0.5, 0.6) is 5.88 Å². The molecule has 0 saturated heterocycles. The first-order chi connectivity index (χ1) is 16.0. The van der Waals surface area contributed by atoms with Gasteiger partial charge < -0.3 is 14.6 Å². The van der Waals surface area contributed by atoms with Gasteiger partial charge in [0.2, 0.25) is 5.88 Å². The average molecular weight is 449 g/mol. The lowest BCUT2D eigenvalue weighted by Crippen LogP contribution is -2.40. The summed E-state index contributed by atoms with van der Waals surface area (Å²) in [6.45, 7) is -0.799. The number of methoxy groups -OCH3 is 1. The average Bonchev–Trinajstić information content (AvgIpc) is 3.08. The van der Waals surface area contributed by atoms with E-state index in [9.17, 15) is 19.5 Å². The molecule has 0 fully saturated rings. The van der Waals surface area contributed by atoms with Gasteiger partial charge in [-0.1, -0.05) is 42.5 Å². The molecular weight excluding hydrogens is 426 g/mol. The Bertz CT molecular complexity index is 1190. The number of rotatable bonds is 9. The highest BCUT2D eigenvalue weighted by molar-refractivity contribution is 6.21. The number of amides is 2. The third kappa shape index (κ3) is 4.69. The van der Waals surface area contributed by atoms with Crippen molar-refractivity contribution in [2.24, 2.45) is 0 Å². The number of aliphatic hydroxyl groups is 1. The van der Waals surface area contributed by atoms with Crippen molar-refractivity contribution in [1.82, 2.24) is 14.5 Å². The van der Waals surface area contributed by atoms with Crippen LogP contribution in [0.25, 0.3) is 0 Å². The summed E-state index contributed by atoms with van der Waals surface area (Å²) < 4.78 is 12.2. The van der Waals surface area contributed by atoms with Crippen molar-refractivity contribution >= 4 is 11.8 Å². The van der Waals surface area contributed by atoms with Gasteiger partial charge in [0.1, 0.15) is 12.8 Å². The van der Waals surface area contributed by atoms with E-state index >= 15 is 0 Å². The quantitative estimate of drug-likeness (QED) is 0.493. The third-order valence-corrected chi connectivity index (χ3v) is 5.38. The maximum absolute atomic E-state index is 12.6. The lowest BCUT2D eigenvalue weighted by Gasteiger charge is -2.22. The fraction of sp³-hybridized carbons (Fsp3) is 0.250. The molecule has 0 spiro atoms. The van der Waals surface area contributed by atoms with E-state index in [1.54, 1.807) is 30.5 Å². The molecular formula is C24H23N3O6. The van der Waals surface area contributed by atoms with Gasteiger partial charge in [0.05, 0.1) is 31.4 Å². The van der Waals surface area contributed by atoms with E-state index in [1.165, 1.54) is 11.7 Å². The van der Waals surface area contributed by atoms with Crippen LogP contribution in [-0.4, -0.2) is 57.7 Å². The largest absolute Gasteiger partial charge is 0.481 e. The number of aliphatic hydroxyl groups excluding tert-OH is 1. The molecule has 170 valence electrons. The Balaban J connectivity index is 1.47. The van der Waals surface area contributed by atoms with E-state index in [4.69, 9.17) is 9.47 Å². The van der Waals surface area contributed by atoms with Crippen LogP contribution in [0.1, 0.15) is 31.8 Å². The van der Waals surface area contributed by atoms with Gasteiger partial charge in [-0.15, -0.1) is 0 Å². The van der Waals surface area contributed by atoms with Crippen LogP contribution in [0.2, 0.25) is 0 Å². The Morgan fingerprint density at radius 3 is 2.21 bits per heavy atom. The summed E-state index contributed by atoms with van der Waals surface area (Å²) in [5.74, 6) is -0.651. The minimum absolute atomic E-state index is 0.141. The first-order valence-corrected chi connectivity index (χ1v) is 10.4. The van der Waals surface area contributed by atoms with Crippen molar-refractivity contribution < 1.29 is 24.2 Å². The highest BCUT2D eigenvalue weighted by atomic mass is 16.5. The molecule has 3 aromatic rings. The van der Waals surface area contributed by atoms with Gasteiger partial charge in [-0.25, -0.2) is 4.79 Å². The summed E-state index contributed by atoms with van der Waals surface area (Å²) in [5, 5.41) is 9.76. The second kappa shape index (κ2) is 9.76. The summed E-state index contributed by atoms with van der Waals surface area (Å²) in [4.78, 5) is 42.6. The number of hydrogen-bond donors (Lipinski definition) is 1. The lowest BCUT2D eigenvalue weighted by molar-refractivity contribution is -0.0354. The number of ether oxygens (including phenoxy) is 2. The predicted octanol–water partition coefficient (Wildman–Crippen LogP) is 1.47. The van der Waals surface area contributed by atoms with Crippen molar-refractivity contribution in [3.8, 4) is 5.88 Å². The zero-order valence-corrected chi connectivity index (χ0v) is 18.0. The van der Waals surface area contributed by atoms with Crippen molar-refractivity contribution in [1.29, 1.82) is 0 Å². The first kappa shape index (κ1) is 22.4. The number of imide groups is 1. The Kier molecular flexibility index (Phi) is 6.62. The van der Waals surface area contributed by atoms with Gasteiger partial charge in [0.15, 0.2) is 0 Å². The summed E-state index contributed by atoms with van der Waals surface area (Å²) in [6.07, 6.45) is 1.21. The first-order valence-electron chi connectivity index (χ1n) is 10.4. The molecule has 9 heteroatoms. The Morgan fingerprint density at radius 1 is 0.970 bits per heavy atom.